The number of aromatic nitrogens is 3. The minimum atomic E-state index is 0.0234. The standard InChI is InChI=1S/C36H29N3O/c1-36(2,3)27-17-18-37-35(21-27)39-33-14-7-6-13-30(33)31-16-15-29(22-34(31)39)40-28-12-8-11-25(19-28)32-20-24-9-4-5-10-26(24)23-38-32/h4-23H,1-3H3. The highest BCUT2D eigenvalue weighted by Crippen LogP contribution is 2.36. The molecule has 194 valence electrons. The first-order valence-electron chi connectivity index (χ1n) is 13.6. The van der Waals surface area contributed by atoms with Crippen molar-refractivity contribution in [2.24, 2.45) is 0 Å². The predicted molar refractivity (Wildman–Crippen MR) is 165 cm³/mol. The van der Waals surface area contributed by atoms with E-state index in [4.69, 9.17) is 14.7 Å². The molecular weight excluding hydrogens is 490 g/mol. The fourth-order valence-electron chi connectivity index (χ4n) is 5.36. The maximum absolute atomic E-state index is 6.44. The van der Waals surface area contributed by atoms with Gasteiger partial charge in [-0.3, -0.25) is 9.55 Å². The Morgan fingerprint density at radius 3 is 2.27 bits per heavy atom. The summed E-state index contributed by atoms with van der Waals surface area (Å²) in [5, 5.41) is 4.66. The number of hydrogen-bond acceptors (Lipinski definition) is 3. The van der Waals surface area contributed by atoms with Crippen LogP contribution in [-0.4, -0.2) is 14.5 Å². The fraction of sp³-hybridized carbons (Fsp3) is 0.111. The molecule has 3 aromatic heterocycles. The summed E-state index contributed by atoms with van der Waals surface area (Å²) in [5.41, 5.74) is 5.39. The minimum Gasteiger partial charge on any atom is -0.457 e. The average Bonchev–Trinajstić information content (AvgIpc) is 3.30. The third kappa shape index (κ3) is 4.28. The van der Waals surface area contributed by atoms with Gasteiger partial charge in [-0.2, -0.15) is 0 Å². The molecule has 0 fully saturated rings. The van der Waals surface area contributed by atoms with Gasteiger partial charge in [0.05, 0.1) is 16.7 Å². The lowest BCUT2D eigenvalue weighted by atomic mass is 9.88. The van der Waals surface area contributed by atoms with Gasteiger partial charge in [-0.25, -0.2) is 4.98 Å². The van der Waals surface area contributed by atoms with Crippen LogP contribution in [0.5, 0.6) is 11.5 Å². The third-order valence-corrected chi connectivity index (χ3v) is 7.48. The molecule has 0 saturated carbocycles. The summed E-state index contributed by atoms with van der Waals surface area (Å²) in [6, 6.07) is 37.6. The molecule has 0 bridgehead atoms. The second kappa shape index (κ2) is 9.35. The first-order valence-corrected chi connectivity index (χ1v) is 13.6. The van der Waals surface area contributed by atoms with Crippen LogP contribution in [0, 0.1) is 0 Å². The molecule has 0 amide bonds. The van der Waals surface area contributed by atoms with E-state index < -0.39 is 0 Å². The molecule has 0 spiro atoms. The van der Waals surface area contributed by atoms with Gasteiger partial charge in [0.2, 0.25) is 0 Å². The lowest BCUT2D eigenvalue weighted by Crippen LogP contribution is -2.12. The Labute approximate surface area is 233 Å². The molecule has 0 N–H and O–H groups in total. The van der Waals surface area contributed by atoms with E-state index in [1.807, 2.05) is 42.7 Å². The van der Waals surface area contributed by atoms with Gasteiger partial charge in [0, 0.05) is 40.2 Å². The number of rotatable bonds is 4. The van der Waals surface area contributed by atoms with E-state index in [-0.39, 0.29) is 5.41 Å². The van der Waals surface area contributed by atoms with E-state index in [1.165, 1.54) is 21.7 Å². The molecule has 0 aliphatic carbocycles. The molecular formula is C36H29N3O. The fourth-order valence-corrected chi connectivity index (χ4v) is 5.36. The van der Waals surface area contributed by atoms with E-state index in [9.17, 15) is 0 Å². The molecule has 0 saturated heterocycles. The summed E-state index contributed by atoms with van der Waals surface area (Å²) in [7, 11) is 0. The van der Waals surface area contributed by atoms with Crippen LogP contribution >= 0.6 is 0 Å². The maximum atomic E-state index is 6.44. The zero-order valence-corrected chi connectivity index (χ0v) is 22.8. The van der Waals surface area contributed by atoms with Crippen molar-refractivity contribution in [3.8, 4) is 28.6 Å². The van der Waals surface area contributed by atoms with Crippen LogP contribution in [0.2, 0.25) is 0 Å². The van der Waals surface area contributed by atoms with Crippen LogP contribution < -0.4 is 4.74 Å². The summed E-state index contributed by atoms with van der Waals surface area (Å²) < 4.78 is 8.68. The van der Waals surface area contributed by atoms with Crippen LogP contribution in [0.1, 0.15) is 26.3 Å². The highest BCUT2D eigenvalue weighted by Gasteiger charge is 2.18. The number of pyridine rings is 2. The maximum Gasteiger partial charge on any atom is 0.137 e. The number of fused-ring (bicyclic) bond motifs is 4. The number of para-hydroxylation sites is 1. The molecule has 0 aliphatic rings. The molecule has 4 nitrogen and oxygen atoms in total. The smallest absolute Gasteiger partial charge is 0.137 e. The molecule has 0 radical (unpaired) electrons. The van der Waals surface area contributed by atoms with E-state index in [2.05, 4.69) is 104 Å². The molecule has 7 aromatic rings. The Balaban J connectivity index is 1.31. The zero-order valence-electron chi connectivity index (χ0n) is 22.8. The summed E-state index contributed by atoms with van der Waals surface area (Å²) in [6.45, 7) is 6.68. The normalized spacial score (nSPS) is 11.9. The van der Waals surface area contributed by atoms with E-state index in [1.54, 1.807) is 0 Å². The quantitative estimate of drug-likeness (QED) is 0.232. The SMILES string of the molecule is CC(C)(C)c1ccnc(-n2c3ccccc3c3ccc(Oc4cccc(-c5cc6ccccc6cn5)c4)cc32)c1. The third-order valence-electron chi connectivity index (χ3n) is 7.48. The molecule has 0 atom stereocenters. The summed E-state index contributed by atoms with van der Waals surface area (Å²) in [4.78, 5) is 9.49. The van der Waals surface area contributed by atoms with Crippen molar-refractivity contribution in [3.63, 3.8) is 0 Å². The number of nitrogens with zero attached hydrogens (tertiary/aromatic N) is 3. The number of ether oxygens (including phenoxy) is 1. The van der Waals surface area contributed by atoms with Gasteiger partial charge in [-0.15, -0.1) is 0 Å². The Hall–Kier alpha value is -4.96. The van der Waals surface area contributed by atoms with Gasteiger partial charge >= 0.3 is 0 Å². The topological polar surface area (TPSA) is 39.9 Å². The first kappa shape index (κ1) is 24.1. The van der Waals surface area contributed by atoms with Gasteiger partial charge in [0.1, 0.15) is 17.3 Å². The molecule has 4 heteroatoms. The van der Waals surface area contributed by atoms with Crippen LogP contribution in [0.25, 0.3) is 49.7 Å². The Kier molecular flexibility index (Phi) is 5.64. The highest BCUT2D eigenvalue weighted by molar-refractivity contribution is 6.09. The van der Waals surface area contributed by atoms with Crippen molar-refractivity contribution >= 4 is 32.6 Å². The van der Waals surface area contributed by atoms with E-state index in [0.29, 0.717) is 0 Å². The highest BCUT2D eigenvalue weighted by atomic mass is 16.5. The van der Waals surface area contributed by atoms with Gasteiger partial charge in [0.25, 0.3) is 0 Å². The second-order valence-corrected chi connectivity index (χ2v) is 11.2. The molecule has 4 aromatic carbocycles. The number of benzene rings is 4. The van der Waals surface area contributed by atoms with Gasteiger partial charge in [-0.05, 0) is 64.9 Å². The molecule has 40 heavy (non-hydrogen) atoms. The van der Waals surface area contributed by atoms with Crippen LogP contribution in [0.15, 0.2) is 122 Å². The van der Waals surface area contributed by atoms with Crippen molar-refractivity contribution in [2.75, 3.05) is 0 Å². The molecule has 3 heterocycles. The molecule has 0 aliphatic heterocycles. The minimum absolute atomic E-state index is 0.0234. The lowest BCUT2D eigenvalue weighted by Gasteiger charge is -2.20. The average molecular weight is 520 g/mol. The summed E-state index contributed by atoms with van der Waals surface area (Å²) in [6.07, 6.45) is 3.83. The van der Waals surface area contributed by atoms with E-state index in [0.717, 1.165) is 45.0 Å². The second-order valence-electron chi connectivity index (χ2n) is 11.2. The summed E-state index contributed by atoms with van der Waals surface area (Å²) in [5.74, 6) is 2.44. The Bertz CT molecular complexity index is 2030. The number of hydrogen-bond donors (Lipinski definition) is 0. The van der Waals surface area contributed by atoms with Crippen molar-refractivity contribution < 1.29 is 4.74 Å². The van der Waals surface area contributed by atoms with Crippen molar-refractivity contribution in [1.29, 1.82) is 0 Å². The largest absolute Gasteiger partial charge is 0.457 e. The monoisotopic (exact) mass is 519 g/mol. The predicted octanol–water partition coefficient (Wildman–Crippen LogP) is 9.48. The Morgan fingerprint density at radius 2 is 1.40 bits per heavy atom. The van der Waals surface area contributed by atoms with Gasteiger partial charge in [0.15, 0.2) is 0 Å². The van der Waals surface area contributed by atoms with Crippen molar-refractivity contribution in [2.45, 2.75) is 26.2 Å². The van der Waals surface area contributed by atoms with Crippen LogP contribution in [0.4, 0.5) is 0 Å². The van der Waals surface area contributed by atoms with Crippen molar-refractivity contribution in [1.82, 2.24) is 14.5 Å². The lowest BCUT2D eigenvalue weighted by molar-refractivity contribution is 0.483. The first-order chi connectivity index (χ1) is 19.4. The van der Waals surface area contributed by atoms with Gasteiger partial charge < -0.3 is 4.74 Å². The zero-order chi connectivity index (χ0) is 27.3. The van der Waals surface area contributed by atoms with Gasteiger partial charge in [-0.1, -0.05) is 75.4 Å². The summed E-state index contributed by atoms with van der Waals surface area (Å²) >= 11 is 0. The molecule has 0 unspecified atom stereocenters. The molecule has 7 rings (SSSR count). The Morgan fingerprint density at radius 1 is 0.625 bits per heavy atom. The van der Waals surface area contributed by atoms with E-state index >= 15 is 0 Å². The van der Waals surface area contributed by atoms with Crippen LogP contribution in [-0.2, 0) is 5.41 Å². The van der Waals surface area contributed by atoms with Crippen LogP contribution in [0.3, 0.4) is 0 Å². The van der Waals surface area contributed by atoms with Crippen molar-refractivity contribution in [3.05, 3.63) is 127 Å².